The van der Waals surface area contributed by atoms with Crippen LogP contribution >= 0.6 is 31.9 Å². The summed E-state index contributed by atoms with van der Waals surface area (Å²) in [6.45, 7) is 4.43. The average molecular weight is 560 g/mol. The third kappa shape index (κ3) is 5.80. The Hall–Kier alpha value is -1.61. The van der Waals surface area contributed by atoms with Crippen LogP contribution < -0.4 is 0 Å². The number of phenols is 1. The fraction of sp³-hybridized carbons (Fsp3) is 0.591. The number of rotatable bonds is 4. The van der Waals surface area contributed by atoms with Crippen LogP contribution in [0.1, 0.15) is 38.2 Å². The molecule has 0 radical (unpaired) electrons. The number of likely N-dealkylation sites (tertiary alicyclic amines) is 2. The number of amides is 2. The zero-order valence-electron chi connectivity index (χ0n) is 17.5. The minimum absolute atomic E-state index is 0.148. The van der Waals surface area contributed by atoms with Crippen LogP contribution in [0.15, 0.2) is 21.1 Å². The van der Waals surface area contributed by atoms with Gasteiger partial charge >= 0.3 is 11.9 Å². The van der Waals surface area contributed by atoms with E-state index in [9.17, 15) is 19.5 Å². The molecule has 170 valence electrons. The molecule has 1 aromatic carbocycles. The van der Waals surface area contributed by atoms with Crippen LogP contribution in [-0.4, -0.2) is 64.0 Å². The molecule has 1 aromatic rings. The minimum Gasteiger partial charge on any atom is -0.506 e. The molecule has 2 saturated heterocycles. The van der Waals surface area contributed by atoms with Gasteiger partial charge < -0.3 is 20.0 Å². The Morgan fingerprint density at radius 3 is 1.87 bits per heavy atom. The summed E-state index contributed by atoms with van der Waals surface area (Å²) < 4.78 is 1.21. The second-order valence-electron chi connectivity index (χ2n) is 8.61. The number of carbonyl (C=O) groups excluding carboxylic acids is 2. The normalized spacial score (nSPS) is 19.3. The largest absolute Gasteiger partial charge is 0.506 e. The number of benzene rings is 1. The fourth-order valence-electron chi connectivity index (χ4n) is 4.79. The zero-order chi connectivity index (χ0) is 22.7. The van der Waals surface area contributed by atoms with E-state index in [4.69, 9.17) is 5.11 Å². The van der Waals surface area contributed by atoms with E-state index in [0.29, 0.717) is 40.3 Å². The molecule has 2 aliphatic rings. The van der Waals surface area contributed by atoms with Crippen molar-refractivity contribution in [2.45, 2.75) is 39.0 Å². The third-order valence-electron chi connectivity index (χ3n) is 6.57. The quantitative estimate of drug-likeness (QED) is 0.549. The molecule has 2 heterocycles. The van der Waals surface area contributed by atoms with Crippen molar-refractivity contribution in [3.63, 3.8) is 0 Å². The molecule has 2 amide bonds. The Morgan fingerprint density at radius 2 is 1.42 bits per heavy atom. The van der Waals surface area contributed by atoms with Crippen LogP contribution in [0.3, 0.4) is 0 Å². The Morgan fingerprint density at radius 1 is 0.968 bits per heavy atom. The second kappa shape index (κ2) is 10.3. The van der Waals surface area contributed by atoms with Crippen molar-refractivity contribution in [2.24, 2.45) is 17.8 Å². The standard InChI is InChI=1S/C22H28Br2N2O5/c1-13(10-14-11-17(23)19(27)18(24)12-14)20(28)25-6-2-15(3-7-25)16-4-8-26(9-5-16)21(29)22(30)31/h11-13,15-16,27H,2-10H2,1H3,(H,30,31)/t13-/m1/s1. The molecule has 2 fully saturated rings. The number of piperidine rings is 2. The van der Waals surface area contributed by atoms with Crippen molar-refractivity contribution in [3.05, 3.63) is 26.6 Å². The number of halogens is 2. The van der Waals surface area contributed by atoms with Gasteiger partial charge in [0.15, 0.2) is 0 Å². The highest BCUT2D eigenvalue weighted by atomic mass is 79.9. The predicted octanol–water partition coefficient (Wildman–Crippen LogP) is 3.66. The second-order valence-corrected chi connectivity index (χ2v) is 10.3. The first-order valence-electron chi connectivity index (χ1n) is 10.6. The molecule has 0 spiro atoms. The van der Waals surface area contributed by atoms with Gasteiger partial charge in [-0.05, 0) is 93.5 Å². The molecular formula is C22H28Br2N2O5. The van der Waals surface area contributed by atoms with Gasteiger partial charge in [-0.15, -0.1) is 0 Å². The van der Waals surface area contributed by atoms with Crippen LogP contribution in [0.4, 0.5) is 0 Å². The number of aromatic hydroxyl groups is 1. The predicted molar refractivity (Wildman–Crippen MR) is 123 cm³/mol. The molecule has 3 rings (SSSR count). The summed E-state index contributed by atoms with van der Waals surface area (Å²) in [5.74, 6) is -1.02. The average Bonchev–Trinajstić information content (AvgIpc) is 2.76. The number of phenolic OH excluding ortho intramolecular Hbond substituents is 1. The summed E-state index contributed by atoms with van der Waals surface area (Å²) in [7, 11) is 0. The van der Waals surface area contributed by atoms with E-state index in [-0.39, 0.29) is 17.6 Å². The van der Waals surface area contributed by atoms with Crippen LogP contribution in [0.5, 0.6) is 5.75 Å². The van der Waals surface area contributed by atoms with Crippen molar-refractivity contribution in [3.8, 4) is 5.75 Å². The molecule has 7 nitrogen and oxygen atoms in total. The summed E-state index contributed by atoms with van der Waals surface area (Å²) in [6, 6.07) is 3.69. The van der Waals surface area contributed by atoms with E-state index in [1.807, 2.05) is 24.0 Å². The van der Waals surface area contributed by atoms with E-state index in [1.54, 1.807) is 0 Å². The lowest BCUT2D eigenvalue weighted by atomic mass is 9.78. The lowest BCUT2D eigenvalue weighted by Crippen LogP contribution is -2.46. The molecule has 0 saturated carbocycles. The Balaban J connectivity index is 1.47. The van der Waals surface area contributed by atoms with Crippen LogP contribution in [0.25, 0.3) is 0 Å². The molecule has 2 aliphatic heterocycles. The Kier molecular flexibility index (Phi) is 8.02. The van der Waals surface area contributed by atoms with Gasteiger partial charge in [-0.3, -0.25) is 9.59 Å². The highest BCUT2D eigenvalue weighted by molar-refractivity contribution is 9.11. The maximum absolute atomic E-state index is 13.0. The van der Waals surface area contributed by atoms with Gasteiger partial charge in [0.2, 0.25) is 5.91 Å². The number of hydrogen-bond acceptors (Lipinski definition) is 4. The molecule has 2 N–H and O–H groups in total. The maximum atomic E-state index is 13.0. The van der Waals surface area contributed by atoms with Crippen molar-refractivity contribution < 1.29 is 24.6 Å². The maximum Gasteiger partial charge on any atom is 0.394 e. The Bertz CT molecular complexity index is 823. The summed E-state index contributed by atoms with van der Waals surface area (Å²) in [4.78, 5) is 38.8. The number of nitrogens with zero attached hydrogens (tertiary/aromatic N) is 2. The molecule has 0 unspecified atom stereocenters. The van der Waals surface area contributed by atoms with E-state index < -0.39 is 11.9 Å². The summed E-state index contributed by atoms with van der Waals surface area (Å²) in [5.41, 5.74) is 0.981. The molecule has 0 bridgehead atoms. The van der Waals surface area contributed by atoms with Gasteiger partial charge in [0.1, 0.15) is 5.75 Å². The van der Waals surface area contributed by atoms with Crippen molar-refractivity contribution in [1.29, 1.82) is 0 Å². The minimum atomic E-state index is -1.38. The number of carbonyl (C=O) groups is 3. The SMILES string of the molecule is C[C@H](Cc1cc(Br)c(O)c(Br)c1)C(=O)N1CCC(C2CCN(C(=O)C(=O)O)CC2)CC1. The molecule has 31 heavy (non-hydrogen) atoms. The van der Waals surface area contributed by atoms with Crippen molar-refractivity contribution in [1.82, 2.24) is 9.80 Å². The van der Waals surface area contributed by atoms with Gasteiger partial charge in [0.25, 0.3) is 0 Å². The van der Waals surface area contributed by atoms with Gasteiger partial charge in [-0.2, -0.15) is 0 Å². The first kappa shape index (κ1) is 24.0. The van der Waals surface area contributed by atoms with E-state index in [0.717, 1.165) is 44.3 Å². The number of aliphatic carboxylic acids is 1. The van der Waals surface area contributed by atoms with Crippen LogP contribution in [0.2, 0.25) is 0 Å². The van der Waals surface area contributed by atoms with Crippen LogP contribution in [-0.2, 0) is 20.8 Å². The number of carboxylic acids is 1. The third-order valence-corrected chi connectivity index (χ3v) is 7.78. The number of hydrogen-bond donors (Lipinski definition) is 2. The highest BCUT2D eigenvalue weighted by Gasteiger charge is 2.34. The fourth-order valence-corrected chi connectivity index (χ4v) is 6.07. The van der Waals surface area contributed by atoms with Crippen molar-refractivity contribution >= 4 is 49.6 Å². The van der Waals surface area contributed by atoms with E-state index >= 15 is 0 Å². The monoisotopic (exact) mass is 558 g/mol. The first-order valence-corrected chi connectivity index (χ1v) is 12.2. The lowest BCUT2D eigenvalue weighted by molar-refractivity contribution is -0.156. The number of carboxylic acid groups (broad SMARTS) is 1. The first-order chi connectivity index (χ1) is 14.7. The van der Waals surface area contributed by atoms with E-state index in [1.165, 1.54) is 4.90 Å². The van der Waals surface area contributed by atoms with Gasteiger partial charge in [-0.1, -0.05) is 6.92 Å². The molecule has 0 aromatic heterocycles. The van der Waals surface area contributed by atoms with Crippen molar-refractivity contribution in [2.75, 3.05) is 26.2 Å². The topological polar surface area (TPSA) is 98.2 Å². The van der Waals surface area contributed by atoms with Gasteiger partial charge in [0, 0.05) is 32.1 Å². The highest BCUT2D eigenvalue weighted by Crippen LogP contribution is 2.35. The molecular weight excluding hydrogens is 532 g/mol. The Labute approximate surface area is 199 Å². The molecule has 9 heteroatoms. The summed E-state index contributed by atoms with van der Waals surface area (Å²) >= 11 is 6.67. The van der Waals surface area contributed by atoms with Gasteiger partial charge in [0.05, 0.1) is 8.95 Å². The van der Waals surface area contributed by atoms with Gasteiger partial charge in [-0.25, -0.2) is 4.79 Å². The lowest BCUT2D eigenvalue weighted by Gasteiger charge is -2.40. The van der Waals surface area contributed by atoms with E-state index in [2.05, 4.69) is 31.9 Å². The summed E-state index contributed by atoms with van der Waals surface area (Å²) in [6.07, 6.45) is 4.17. The smallest absolute Gasteiger partial charge is 0.394 e. The zero-order valence-corrected chi connectivity index (χ0v) is 20.7. The molecule has 0 aliphatic carbocycles. The summed E-state index contributed by atoms with van der Waals surface area (Å²) in [5, 5.41) is 18.7. The van der Waals surface area contributed by atoms with Crippen LogP contribution in [0, 0.1) is 17.8 Å². The molecule has 1 atom stereocenters.